The molecular weight excluding hydrogens is 544 g/mol. The van der Waals surface area contributed by atoms with Crippen molar-refractivity contribution in [1.29, 1.82) is 0 Å². The first kappa shape index (κ1) is 20.4. The summed E-state index contributed by atoms with van der Waals surface area (Å²) in [4.78, 5) is 22.0. The number of hydrogen-bond donors (Lipinski definition) is 2. The van der Waals surface area contributed by atoms with Crippen LogP contribution in [0.5, 0.6) is 11.5 Å². The van der Waals surface area contributed by atoms with Gasteiger partial charge in [-0.05, 0) is 46.9 Å². The van der Waals surface area contributed by atoms with Crippen molar-refractivity contribution >= 4 is 67.9 Å². The van der Waals surface area contributed by atoms with E-state index in [4.69, 9.17) is 16.3 Å². The molecule has 0 unspecified atom stereocenters. The van der Waals surface area contributed by atoms with Crippen LogP contribution in [0, 0.1) is 13.7 Å². The van der Waals surface area contributed by atoms with Crippen molar-refractivity contribution < 1.29 is 19.6 Å². The van der Waals surface area contributed by atoms with Crippen molar-refractivity contribution in [3.63, 3.8) is 0 Å². The maximum atomic E-state index is 11.8. The van der Waals surface area contributed by atoms with Crippen LogP contribution in [-0.4, -0.2) is 28.8 Å². The Balaban J connectivity index is 1.97. The minimum Gasteiger partial charge on any atom is -0.506 e. The molecule has 26 heavy (non-hydrogen) atoms. The lowest BCUT2D eigenvalue weighted by molar-refractivity contribution is -0.385. The Bertz CT molecular complexity index is 894. The second-order valence-electron chi connectivity index (χ2n) is 4.78. The fraction of sp³-hybridized carbons (Fsp3) is 0.0667. The number of hydrogen-bond acceptors (Lipinski definition) is 6. The largest absolute Gasteiger partial charge is 0.506 e. The van der Waals surface area contributed by atoms with Crippen molar-refractivity contribution in [2.45, 2.75) is 0 Å². The lowest BCUT2D eigenvalue weighted by atomic mass is 10.2. The Morgan fingerprint density at radius 2 is 2.19 bits per heavy atom. The van der Waals surface area contributed by atoms with Gasteiger partial charge in [0.25, 0.3) is 5.91 Å². The van der Waals surface area contributed by atoms with Crippen LogP contribution in [0.2, 0.25) is 5.02 Å². The molecule has 0 aliphatic heterocycles. The highest BCUT2D eigenvalue weighted by Crippen LogP contribution is 2.30. The summed E-state index contributed by atoms with van der Waals surface area (Å²) in [7, 11) is 0. The molecule has 0 aliphatic rings. The number of phenolic OH excluding ortho intramolecular Hbond substituents is 1. The molecule has 2 aromatic carbocycles. The van der Waals surface area contributed by atoms with E-state index < -0.39 is 17.4 Å². The van der Waals surface area contributed by atoms with Gasteiger partial charge < -0.3 is 9.84 Å². The van der Waals surface area contributed by atoms with Crippen LogP contribution in [0.3, 0.4) is 0 Å². The number of carbonyl (C=O) groups is 1. The normalized spacial score (nSPS) is 10.7. The number of nitro benzene ring substituents is 1. The first-order valence-corrected chi connectivity index (χ1v) is 9.09. The summed E-state index contributed by atoms with van der Waals surface area (Å²) in [5.74, 6) is -0.688. The Morgan fingerprint density at radius 1 is 1.46 bits per heavy atom. The van der Waals surface area contributed by atoms with Crippen molar-refractivity contribution in [3.8, 4) is 11.5 Å². The summed E-state index contributed by atoms with van der Waals surface area (Å²) in [6.07, 6.45) is 1.27. The van der Waals surface area contributed by atoms with Gasteiger partial charge in [0.1, 0.15) is 5.75 Å². The van der Waals surface area contributed by atoms with Gasteiger partial charge in [-0.2, -0.15) is 5.10 Å². The number of phenols is 1. The Kier molecular flexibility index (Phi) is 7.17. The first-order chi connectivity index (χ1) is 12.3. The van der Waals surface area contributed by atoms with Gasteiger partial charge in [-0.3, -0.25) is 14.9 Å². The highest BCUT2D eigenvalue weighted by Gasteiger charge is 2.16. The predicted octanol–water partition coefficient (Wildman–Crippen LogP) is 3.85. The topological polar surface area (TPSA) is 114 Å². The summed E-state index contributed by atoms with van der Waals surface area (Å²) in [6.45, 7) is -0.484. The summed E-state index contributed by atoms with van der Waals surface area (Å²) in [5.41, 5.74) is 2.26. The number of carbonyl (C=O) groups excluding carboxylic acids is 1. The van der Waals surface area contributed by atoms with E-state index in [1.54, 1.807) is 12.1 Å². The van der Waals surface area contributed by atoms with Gasteiger partial charge in [-0.25, -0.2) is 5.43 Å². The van der Waals surface area contributed by atoms with Gasteiger partial charge in [-0.15, -0.1) is 0 Å². The number of ether oxygens (including phenoxy) is 1. The molecule has 0 bridgehead atoms. The number of rotatable bonds is 6. The molecule has 2 rings (SSSR count). The van der Waals surface area contributed by atoms with Crippen LogP contribution in [0.25, 0.3) is 0 Å². The molecule has 0 spiro atoms. The predicted molar refractivity (Wildman–Crippen MR) is 108 cm³/mol. The molecule has 1 amide bonds. The Hall–Kier alpha value is -1.92. The third-order valence-corrected chi connectivity index (χ3v) is 4.44. The monoisotopic (exact) mass is 553 g/mol. The Morgan fingerprint density at radius 3 is 2.88 bits per heavy atom. The highest BCUT2D eigenvalue weighted by molar-refractivity contribution is 14.1. The molecule has 8 nitrogen and oxygen atoms in total. The molecule has 2 N–H and O–H groups in total. The summed E-state index contributed by atoms with van der Waals surface area (Å²) >= 11 is 11.0. The lowest BCUT2D eigenvalue weighted by Gasteiger charge is -2.06. The van der Waals surface area contributed by atoms with Gasteiger partial charge in [0, 0.05) is 21.1 Å². The molecule has 0 saturated carbocycles. The van der Waals surface area contributed by atoms with E-state index >= 15 is 0 Å². The third kappa shape index (κ3) is 5.54. The average molecular weight is 555 g/mol. The number of halogens is 3. The second kappa shape index (κ2) is 9.14. The van der Waals surface area contributed by atoms with E-state index in [1.165, 1.54) is 18.3 Å². The van der Waals surface area contributed by atoms with Crippen molar-refractivity contribution in [1.82, 2.24) is 5.43 Å². The highest BCUT2D eigenvalue weighted by atomic mass is 127. The molecule has 0 radical (unpaired) electrons. The molecule has 0 fully saturated rings. The zero-order valence-corrected chi connectivity index (χ0v) is 17.3. The summed E-state index contributed by atoms with van der Waals surface area (Å²) in [6, 6.07) is 7.19. The molecule has 11 heteroatoms. The number of aromatic hydroxyl groups is 1. The SMILES string of the molecule is O=C(COc1ccc(Cl)cc1[N+](=O)[O-])N/N=C\c1cc(Br)cc(I)c1O. The summed E-state index contributed by atoms with van der Waals surface area (Å²) in [5, 5.41) is 24.8. The number of hydrazone groups is 1. The lowest BCUT2D eigenvalue weighted by Crippen LogP contribution is -2.24. The average Bonchev–Trinajstić information content (AvgIpc) is 2.57. The Labute approximate surface area is 174 Å². The molecule has 2 aromatic rings. The van der Waals surface area contributed by atoms with E-state index in [1.807, 2.05) is 22.6 Å². The van der Waals surface area contributed by atoms with E-state index in [9.17, 15) is 20.0 Å². The van der Waals surface area contributed by atoms with Crippen molar-refractivity contribution in [2.24, 2.45) is 5.10 Å². The molecule has 0 aromatic heterocycles. The molecule has 0 saturated heterocycles. The van der Waals surface area contributed by atoms with Gasteiger partial charge in [0.05, 0.1) is 14.7 Å². The quantitative estimate of drug-likeness (QED) is 0.244. The molecule has 0 atom stereocenters. The van der Waals surface area contributed by atoms with Crippen LogP contribution in [0.1, 0.15) is 5.56 Å². The standard InChI is InChI=1S/C15H10BrClIN3O5/c16-9-3-8(15(23)11(18)4-9)6-19-20-14(22)7-26-13-2-1-10(17)5-12(13)21(24)25/h1-6,23H,7H2,(H,20,22)/b19-6-. The van der Waals surface area contributed by atoms with Gasteiger partial charge in [0.15, 0.2) is 12.4 Å². The molecule has 0 aliphatic carbocycles. The first-order valence-electron chi connectivity index (χ1n) is 6.84. The van der Waals surface area contributed by atoms with Gasteiger partial charge >= 0.3 is 5.69 Å². The molecule has 0 heterocycles. The van der Waals surface area contributed by atoms with Crippen LogP contribution in [-0.2, 0) is 4.79 Å². The van der Waals surface area contributed by atoms with E-state index in [-0.39, 0.29) is 22.2 Å². The zero-order chi connectivity index (χ0) is 19.3. The zero-order valence-electron chi connectivity index (χ0n) is 12.8. The van der Waals surface area contributed by atoms with Crippen LogP contribution < -0.4 is 10.2 Å². The van der Waals surface area contributed by atoms with Crippen LogP contribution >= 0.6 is 50.1 Å². The number of nitrogens with one attached hydrogen (secondary N) is 1. The smallest absolute Gasteiger partial charge is 0.312 e. The van der Waals surface area contributed by atoms with Crippen molar-refractivity contribution in [2.75, 3.05) is 6.61 Å². The van der Waals surface area contributed by atoms with Gasteiger partial charge in [0.2, 0.25) is 0 Å². The maximum Gasteiger partial charge on any atom is 0.312 e. The fourth-order valence-electron chi connectivity index (χ4n) is 1.79. The number of nitrogens with zero attached hydrogens (tertiary/aromatic N) is 2. The van der Waals surface area contributed by atoms with E-state index in [0.717, 1.165) is 10.5 Å². The van der Waals surface area contributed by atoms with Crippen LogP contribution in [0.4, 0.5) is 5.69 Å². The minimum absolute atomic E-state index is 0.0276. The fourth-order valence-corrected chi connectivity index (χ4v) is 3.51. The molecular formula is C15H10BrClIN3O5. The second-order valence-corrected chi connectivity index (χ2v) is 7.29. The van der Waals surface area contributed by atoms with Crippen LogP contribution in [0.15, 0.2) is 39.9 Å². The summed E-state index contributed by atoms with van der Waals surface area (Å²) < 4.78 is 6.49. The van der Waals surface area contributed by atoms with E-state index in [2.05, 4.69) is 26.5 Å². The molecule has 136 valence electrons. The minimum atomic E-state index is -0.658. The van der Waals surface area contributed by atoms with E-state index in [0.29, 0.717) is 9.13 Å². The van der Waals surface area contributed by atoms with Gasteiger partial charge in [-0.1, -0.05) is 27.5 Å². The maximum absolute atomic E-state index is 11.8. The number of nitro groups is 1. The third-order valence-electron chi connectivity index (χ3n) is 2.93. The van der Waals surface area contributed by atoms with Crippen molar-refractivity contribution in [3.05, 3.63) is 59.1 Å². The number of benzene rings is 2. The number of amides is 1.